The van der Waals surface area contributed by atoms with Crippen LogP contribution in [-0.2, 0) is 4.79 Å². The number of piperidine rings is 1. The number of ether oxygens (including phenoxy) is 1. The van der Waals surface area contributed by atoms with Crippen molar-refractivity contribution in [3.63, 3.8) is 0 Å². The lowest BCUT2D eigenvalue weighted by atomic mass is 9.97. The maximum absolute atomic E-state index is 12.8. The Morgan fingerprint density at radius 3 is 2.55 bits per heavy atom. The van der Waals surface area contributed by atoms with Gasteiger partial charge in [-0.05, 0) is 55.7 Å². The number of nitrogens with zero attached hydrogens (tertiary/aromatic N) is 5. The predicted octanol–water partition coefficient (Wildman–Crippen LogP) is 3.22. The predicted molar refractivity (Wildman–Crippen MR) is 109 cm³/mol. The van der Waals surface area contributed by atoms with E-state index in [0.717, 1.165) is 30.6 Å². The number of hydrogen-bond acceptors (Lipinski definition) is 7. The molecule has 0 aliphatic carbocycles. The fourth-order valence-corrected chi connectivity index (χ4v) is 3.35. The maximum atomic E-state index is 12.8. The van der Waals surface area contributed by atoms with E-state index in [1.54, 1.807) is 43.0 Å². The van der Waals surface area contributed by atoms with Crippen molar-refractivity contribution in [3.8, 4) is 11.8 Å². The Morgan fingerprint density at radius 1 is 1.10 bits per heavy atom. The third kappa shape index (κ3) is 4.66. The van der Waals surface area contributed by atoms with Crippen LogP contribution in [0.25, 0.3) is 0 Å². The van der Waals surface area contributed by atoms with Crippen molar-refractivity contribution in [3.05, 3.63) is 60.7 Å². The van der Waals surface area contributed by atoms with Crippen LogP contribution in [-0.4, -0.2) is 38.9 Å². The number of rotatable bonds is 5. The number of amides is 1. The highest BCUT2D eigenvalue weighted by Gasteiger charge is 2.27. The summed E-state index contributed by atoms with van der Waals surface area (Å²) in [7, 11) is 0. The largest absolute Gasteiger partial charge is 0.424 e. The summed E-state index contributed by atoms with van der Waals surface area (Å²) in [5.41, 5.74) is 1.68. The third-order valence-electron chi connectivity index (χ3n) is 4.83. The molecular formula is C21H22N6O2. The Hall–Kier alpha value is -3.55. The van der Waals surface area contributed by atoms with Gasteiger partial charge in [-0.1, -0.05) is 0 Å². The summed E-state index contributed by atoms with van der Waals surface area (Å²) in [6, 6.07) is 9.30. The number of aromatic nitrogens is 4. The number of carbonyl (C=O) groups is 1. The Bertz CT molecular complexity index is 967. The summed E-state index contributed by atoms with van der Waals surface area (Å²) in [5.74, 6) is 1.19. The summed E-state index contributed by atoms with van der Waals surface area (Å²) >= 11 is 0. The van der Waals surface area contributed by atoms with Gasteiger partial charge in [-0.3, -0.25) is 4.79 Å². The third-order valence-corrected chi connectivity index (χ3v) is 4.83. The highest BCUT2D eigenvalue weighted by molar-refractivity contribution is 5.93. The first-order chi connectivity index (χ1) is 14.2. The Labute approximate surface area is 169 Å². The van der Waals surface area contributed by atoms with Crippen molar-refractivity contribution in [2.75, 3.05) is 23.3 Å². The minimum atomic E-state index is -0.111. The second-order valence-electron chi connectivity index (χ2n) is 6.93. The molecule has 29 heavy (non-hydrogen) atoms. The van der Waals surface area contributed by atoms with Crippen LogP contribution in [0.15, 0.2) is 55.1 Å². The number of carbonyl (C=O) groups excluding carboxylic acids is 1. The van der Waals surface area contributed by atoms with Crippen LogP contribution >= 0.6 is 0 Å². The standard InChI is InChI=1S/C21H22N6O2/c1-15-13-17(29-21-24-10-4-11-25-21)6-7-18(15)26-19(28)16-5-2-12-27(14-16)20-22-8-3-9-23-20/h3-4,6-11,13,16H,2,5,12,14H2,1H3,(H,26,28). The van der Waals surface area contributed by atoms with Gasteiger partial charge in [0.15, 0.2) is 0 Å². The molecule has 1 amide bonds. The van der Waals surface area contributed by atoms with Crippen LogP contribution in [0.3, 0.4) is 0 Å². The highest BCUT2D eigenvalue weighted by atomic mass is 16.5. The van der Waals surface area contributed by atoms with E-state index in [9.17, 15) is 4.79 Å². The van der Waals surface area contributed by atoms with Gasteiger partial charge in [-0.15, -0.1) is 0 Å². The quantitative estimate of drug-likeness (QED) is 0.715. The molecule has 0 spiro atoms. The van der Waals surface area contributed by atoms with Crippen molar-refractivity contribution in [2.45, 2.75) is 19.8 Å². The summed E-state index contributed by atoms with van der Waals surface area (Å²) < 4.78 is 5.64. The first-order valence-electron chi connectivity index (χ1n) is 9.57. The van der Waals surface area contributed by atoms with Gasteiger partial charge in [-0.25, -0.2) is 19.9 Å². The van der Waals surface area contributed by atoms with Gasteiger partial charge >= 0.3 is 6.01 Å². The summed E-state index contributed by atoms with van der Waals surface area (Å²) in [5, 5.41) is 3.05. The maximum Gasteiger partial charge on any atom is 0.321 e. The smallest absolute Gasteiger partial charge is 0.321 e. The molecule has 3 aromatic rings. The zero-order valence-corrected chi connectivity index (χ0v) is 16.2. The van der Waals surface area contributed by atoms with E-state index in [1.807, 2.05) is 19.1 Å². The molecule has 1 atom stereocenters. The first-order valence-corrected chi connectivity index (χ1v) is 9.57. The van der Waals surface area contributed by atoms with Gasteiger partial charge in [0, 0.05) is 43.6 Å². The van der Waals surface area contributed by atoms with Gasteiger partial charge in [-0.2, -0.15) is 0 Å². The molecule has 8 nitrogen and oxygen atoms in total. The SMILES string of the molecule is Cc1cc(Oc2ncccn2)ccc1NC(=O)C1CCCN(c2ncccn2)C1. The zero-order valence-electron chi connectivity index (χ0n) is 16.2. The monoisotopic (exact) mass is 390 g/mol. The van der Waals surface area contributed by atoms with Crippen molar-refractivity contribution in [2.24, 2.45) is 5.92 Å². The molecule has 1 unspecified atom stereocenters. The van der Waals surface area contributed by atoms with E-state index >= 15 is 0 Å². The fraction of sp³-hybridized carbons (Fsp3) is 0.286. The normalized spacial score (nSPS) is 16.3. The van der Waals surface area contributed by atoms with Crippen molar-refractivity contribution < 1.29 is 9.53 Å². The van der Waals surface area contributed by atoms with E-state index in [2.05, 4.69) is 30.2 Å². The average molecular weight is 390 g/mol. The van der Waals surface area contributed by atoms with Gasteiger partial charge < -0.3 is 15.0 Å². The molecule has 0 radical (unpaired) electrons. The molecule has 2 aromatic heterocycles. The summed E-state index contributed by atoms with van der Waals surface area (Å²) in [6.07, 6.45) is 8.47. The van der Waals surface area contributed by atoms with Gasteiger partial charge in [0.05, 0.1) is 5.92 Å². The van der Waals surface area contributed by atoms with E-state index in [1.165, 1.54) is 0 Å². The van der Waals surface area contributed by atoms with Crippen LogP contribution in [0.5, 0.6) is 11.8 Å². The van der Waals surface area contributed by atoms with Crippen molar-refractivity contribution in [1.82, 2.24) is 19.9 Å². The van der Waals surface area contributed by atoms with Gasteiger partial charge in [0.2, 0.25) is 11.9 Å². The zero-order chi connectivity index (χ0) is 20.1. The molecule has 0 saturated carbocycles. The first kappa shape index (κ1) is 18.8. The average Bonchev–Trinajstić information content (AvgIpc) is 2.77. The molecule has 1 aromatic carbocycles. The second-order valence-corrected chi connectivity index (χ2v) is 6.93. The number of aryl methyl sites for hydroxylation is 1. The van der Waals surface area contributed by atoms with E-state index in [4.69, 9.17) is 4.74 Å². The van der Waals surface area contributed by atoms with Crippen LogP contribution in [0, 0.1) is 12.8 Å². The molecule has 0 bridgehead atoms. The molecule has 1 fully saturated rings. The lowest BCUT2D eigenvalue weighted by molar-refractivity contribution is -0.120. The number of hydrogen-bond donors (Lipinski definition) is 1. The van der Waals surface area contributed by atoms with Crippen molar-refractivity contribution >= 4 is 17.5 Å². The Kier molecular flexibility index (Phi) is 5.60. The van der Waals surface area contributed by atoms with Crippen LogP contribution in [0.4, 0.5) is 11.6 Å². The Morgan fingerprint density at radius 2 is 1.83 bits per heavy atom. The molecule has 3 heterocycles. The molecule has 1 N–H and O–H groups in total. The molecule has 8 heteroatoms. The summed E-state index contributed by atoms with van der Waals surface area (Å²) in [4.78, 5) is 31.6. The number of anilines is 2. The van der Waals surface area contributed by atoms with E-state index in [-0.39, 0.29) is 17.8 Å². The number of nitrogens with one attached hydrogen (secondary N) is 1. The molecule has 148 valence electrons. The molecular weight excluding hydrogens is 368 g/mol. The molecule has 4 rings (SSSR count). The lowest BCUT2D eigenvalue weighted by Gasteiger charge is -2.32. The Balaban J connectivity index is 1.40. The molecule has 1 aliphatic heterocycles. The summed E-state index contributed by atoms with van der Waals surface area (Å²) in [6.45, 7) is 3.40. The van der Waals surface area contributed by atoms with Gasteiger partial charge in [0.25, 0.3) is 0 Å². The van der Waals surface area contributed by atoms with E-state index in [0.29, 0.717) is 18.2 Å². The minimum Gasteiger partial charge on any atom is -0.424 e. The van der Waals surface area contributed by atoms with E-state index < -0.39 is 0 Å². The fourth-order valence-electron chi connectivity index (χ4n) is 3.35. The lowest BCUT2D eigenvalue weighted by Crippen LogP contribution is -2.41. The number of benzene rings is 1. The van der Waals surface area contributed by atoms with Crippen LogP contribution in [0.2, 0.25) is 0 Å². The van der Waals surface area contributed by atoms with Crippen molar-refractivity contribution in [1.29, 1.82) is 0 Å². The molecule has 1 aliphatic rings. The highest BCUT2D eigenvalue weighted by Crippen LogP contribution is 2.26. The van der Waals surface area contributed by atoms with Gasteiger partial charge in [0.1, 0.15) is 5.75 Å². The minimum absolute atomic E-state index is 0.00814. The van der Waals surface area contributed by atoms with Crippen LogP contribution < -0.4 is 15.0 Å². The molecule has 1 saturated heterocycles. The topological polar surface area (TPSA) is 93.1 Å². The van der Waals surface area contributed by atoms with Crippen LogP contribution in [0.1, 0.15) is 18.4 Å². The second kappa shape index (κ2) is 8.64.